The smallest absolute Gasteiger partial charge is 0.270 e. The Morgan fingerprint density at radius 1 is 0.420 bits per heavy atom. The number of likely N-dealkylation sites (tertiary alicyclic amines) is 3. The maximum absolute atomic E-state index is 13.4. The summed E-state index contributed by atoms with van der Waals surface area (Å²) < 4.78 is 34.1. The Balaban J connectivity index is 0.000000121. The second kappa shape index (κ2) is 22.4. The first-order chi connectivity index (χ1) is 33.8. The van der Waals surface area contributed by atoms with E-state index in [-0.39, 0.29) is 5.56 Å². The van der Waals surface area contributed by atoms with Gasteiger partial charge in [0.1, 0.15) is 17.5 Å². The second-order valence-corrected chi connectivity index (χ2v) is 21.0. The first kappa shape index (κ1) is 47.7. The van der Waals surface area contributed by atoms with Crippen LogP contribution in [0.4, 0.5) is 8.78 Å². The molecule has 5 aliphatic rings. The van der Waals surface area contributed by atoms with E-state index in [2.05, 4.69) is 83.0 Å². The highest BCUT2D eigenvalue weighted by molar-refractivity contribution is 5.77. The third kappa shape index (κ3) is 12.0. The number of benzene rings is 4. The maximum Gasteiger partial charge on any atom is 0.270 e. The predicted molar refractivity (Wildman–Crippen MR) is 276 cm³/mol. The Bertz CT molecular complexity index is 2700. The molecule has 0 bridgehead atoms. The molecule has 0 N–H and O–H groups in total. The Hall–Kier alpha value is -4.97. The number of alkyl halides is 2. The van der Waals surface area contributed by atoms with E-state index in [1.54, 1.807) is 12.1 Å². The van der Waals surface area contributed by atoms with E-state index in [1.807, 2.05) is 18.2 Å². The molecule has 4 aromatic carbocycles. The molecular formula is C58H75F2N9. The van der Waals surface area contributed by atoms with Crippen LogP contribution in [0.2, 0.25) is 0 Å². The number of hydrogen-bond acceptors (Lipinski definition) is 6. The van der Waals surface area contributed by atoms with Gasteiger partial charge in [0.15, 0.2) is 0 Å². The van der Waals surface area contributed by atoms with Gasteiger partial charge in [-0.2, -0.15) is 0 Å². The summed E-state index contributed by atoms with van der Waals surface area (Å²) >= 11 is 0. The molecular weight excluding hydrogens is 861 g/mol. The van der Waals surface area contributed by atoms with Crippen molar-refractivity contribution in [2.24, 2.45) is 11.8 Å². The summed E-state index contributed by atoms with van der Waals surface area (Å²) in [4.78, 5) is 22.3. The molecule has 3 aliphatic heterocycles. The van der Waals surface area contributed by atoms with Crippen LogP contribution >= 0.6 is 0 Å². The van der Waals surface area contributed by atoms with Gasteiger partial charge in [0, 0.05) is 32.1 Å². The third-order valence-corrected chi connectivity index (χ3v) is 15.8. The van der Waals surface area contributed by atoms with Crippen LogP contribution in [0.3, 0.4) is 0 Å². The highest BCUT2D eigenvalue weighted by atomic mass is 19.3. The normalized spacial score (nSPS) is 18.9. The second-order valence-electron chi connectivity index (χ2n) is 21.0. The van der Waals surface area contributed by atoms with Crippen molar-refractivity contribution in [3.63, 3.8) is 0 Å². The molecule has 0 radical (unpaired) electrons. The van der Waals surface area contributed by atoms with E-state index in [0.29, 0.717) is 6.54 Å². The lowest BCUT2D eigenvalue weighted by atomic mass is 9.89. The Morgan fingerprint density at radius 2 is 0.768 bits per heavy atom. The molecule has 69 heavy (non-hydrogen) atoms. The lowest BCUT2D eigenvalue weighted by Gasteiger charge is -2.24. The molecule has 366 valence electrons. The topological polar surface area (TPSA) is 63.2 Å². The Morgan fingerprint density at radius 3 is 1.16 bits per heavy atom. The summed E-state index contributed by atoms with van der Waals surface area (Å²) in [7, 11) is 0. The highest BCUT2D eigenvalue weighted by Gasteiger charge is 2.25. The average molecular weight is 936 g/mol. The fourth-order valence-electron chi connectivity index (χ4n) is 11.9. The van der Waals surface area contributed by atoms with Crippen molar-refractivity contribution in [2.75, 3.05) is 39.3 Å². The van der Waals surface area contributed by atoms with Crippen LogP contribution in [0.1, 0.15) is 132 Å². The lowest BCUT2D eigenvalue weighted by molar-refractivity contribution is 0.0174. The fraction of sp³-hybridized carbons (Fsp3) is 0.534. The highest BCUT2D eigenvalue weighted by Crippen LogP contribution is 2.31. The number of para-hydroxylation sites is 6. The van der Waals surface area contributed by atoms with Crippen molar-refractivity contribution in [2.45, 2.75) is 148 Å². The minimum atomic E-state index is -2.80. The summed E-state index contributed by atoms with van der Waals surface area (Å²) in [6.45, 7) is 14.0. The van der Waals surface area contributed by atoms with E-state index in [0.717, 1.165) is 73.9 Å². The van der Waals surface area contributed by atoms with Gasteiger partial charge in [-0.1, -0.05) is 92.8 Å². The summed E-state index contributed by atoms with van der Waals surface area (Å²) in [5.74, 6) is 2.52. The van der Waals surface area contributed by atoms with Gasteiger partial charge in [-0.25, -0.2) is 23.7 Å². The molecule has 2 saturated carbocycles. The number of imidazole rings is 3. The molecule has 5 fully saturated rings. The Labute approximate surface area is 408 Å². The van der Waals surface area contributed by atoms with Gasteiger partial charge in [0.2, 0.25) is 0 Å². The van der Waals surface area contributed by atoms with Gasteiger partial charge in [0.05, 0.1) is 52.7 Å². The van der Waals surface area contributed by atoms with Crippen molar-refractivity contribution >= 4 is 33.1 Å². The number of rotatable bonds is 13. The van der Waals surface area contributed by atoms with Crippen LogP contribution in [0.15, 0.2) is 97.1 Å². The summed E-state index contributed by atoms with van der Waals surface area (Å²) in [5, 5.41) is 0. The molecule has 9 nitrogen and oxygen atoms in total. The fourth-order valence-corrected chi connectivity index (χ4v) is 11.9. The first-order valence-corrected chi connectivity index (χ1v) is 26.8. The molecule has 12 rings (SSSR count). The van der Waals surface area contributed by atoms with Crippen LogP contribution in [0.5, 0.6) is 0 Å². The molecule has 3 saturated heterocycles. The molecule has 0 amide bonds. The molecule has 7 aromatic rings. The zero-order valence-electron chi connectivity index (χ0n) is 41.3. The maximum atomic E-state index is 13.4. The van der Waals surface area contributed by atoms with E-state index in [4.69, 9.17) is 15.0 Å². The number of nitrogens with zero attached hydrogens (tertiary/aromatic N) is 9. The molecule has 3 aromatic heterocycles. The summed E-state index contributed by atoms with van der Waals surface area (Å²) in [6.07, 6.45) is 20.6. The minimum absolute atomic E-state index is 0.0500. The SMILES string of the molecule is CC(F)(F)c1ccc(Cn2c(CN3CCCC3)nc3ccccc32)cc1.c1ccc2c(c1)nc(CN1CCCC1)n2CC1CCCC1.c1ccc2c(c1)nc(CN1CCCC1)n2CC1CCCCC1. The van der Waals surface area contributed by atoms with Crippen molar-refractivity contribution in [1.29, 1.82) is 0 Å². The molecule has 0 spiro atoms. The van der Waals surface area contributed by atoms with Crippen LogP contribution in [-0.2, 0) is 45.2 Å². The van der Waals surface area contributed by atoms with Gasteiger partial charge >= 0.3 is 0 Å². The monoisotopic (exact) mass is 936 g/mol. The number of halogens is 2. The number of fused-ring (bicyclic) bond motifs is 3. The van der Waals surface area contributed by atoms with Gasteiger partial charge < -0.3 is 13.7 Å². The van der Waals surface area contributed by atoms with Crippen molar-refractivity contribution in [3.05, 3.63) is 126 Å². The van der Waals surface area contributed by atoms with E-state index in [9.17, 15) is 8.78 Å². The number of aromatic nitrogens is 6. The standard InChI is InChI=1S/C21H23F2N3.C19H27N3.C18H25N3/c1-21(22,23)17-10-8-16(9-11-17)14-26-19-7-3-2-6-18(19)24-20(26)15-25-12-4-5-13-25;1-2-8-16(9-3-1)14-22-18-11-5-4-10-17(18)20-19(22)15-21-12-6-7-13-21;1-2-8-15(7-1)13-21-17-10-4-3-9-16(17)19-18(21)14-20-11-5-6-12-20/h2-3,6-11H,4-5,12-15H2,1H3;4-5,10-11,16H,1-3,6-9,12-15H2;3-4,9-10,15H,1-2,5-8,11-14H2. The van der Waals surface area contributed by atoms with Gasteiger partial charge in [-0.3, -0.25) is 14.7 Å². The van der Waals surface area contributed by atoms with Gasteiger partial charge in [-0.05, 0) is 157 Å². The van der Waals surface area contributed by atoms with E-state index < -0.39 is 5.92 Å². The van der Waals surface area contributed by atoms with Crippen LogP contribution in [0.25, 0.3) is 33.1 Å². The van der Waals surface area contributed by atoms with Crippen molar-refractivity contribution in [3.8, 4) is 0 Å². The molecule has 0 atom stereocenters. The largest absolute Gasteiger partial charge is 0.327 e. The van der Waals surface area contributed by atoms with Crippen LogP contribution in [-0.4, -0.2) is 82.6 Å². The Kier molecular flexibility index (Phi) is 15.5. The lowest BCUT2D eigenvalue weighted by Crippen LogP contribution is -2.23. The zero-order chi connectivity index (χ0) is 47.0. The minimum Gasteiger partial charge on any atom is -0.327 e. The molecule has 6 heterocycles. The molecule has 11 heteroatoms. The molecule has 2 aliphatic carbocycles. The summed E-state index contributed by atoms with van der Waals surface area (Å²) in [5.41, 5.74) is 8.14. The first-order valence-electron chi connectivity index (χ1n) is 26.8. The van der Waals surface area contributed by atoms with E-state index in [1.165, 1.54) is 181 Å². The number of hydrogen-bond donors (Lipinski definition) is 0. The van der Waals surface area contributed by atoms with Crippen molar-refractivity contribution < 1.29 is 8.78 Å². The van der Waals surface area contributed by atoms with Crippen molar-refractivity contribution in [1.82, 2.24) is 43.4 Å². The van der Waals surface area contributed by atoms with Crippen LogP contribution in [0, 0.1) is 11.8 Å². The third-order valence-electron chi connectivity index (χ3n) is 15.8. The zero-order valence-corrected chi connectivity index (χ0v) is 41.3. The van der Waals surface area contributed by atoms with E-state index >= 15 is 0 Å². The average Bonchev–Trinajstić information content (AvgIpc) is 4.24. The predicted octanol–water partition coefficient (Wildman–Crippen LogP) is 12.8. The van der Waals surface area contributed by atoms with Crippen LogP contribution < -0.4 is 0 Å². The molecule has 0 unspecified atom stereocenters. The van der Waals surface area contributed by atoms with Gasteiger partial charge in [-0.15, -0.1) is 0 Å². The quantitative estimate of drug-likeness (QED) is 0.115. The summed E-state index contributed by atoms with van der Waals surface area (Å²) in [6, 6.07) is 32.1. The van der Waals surface area contributed by atoms with Gasteiger partial charge in [0.25, 0.3) is 5.92 Å².